The molecule has 1 fully saturated rings. The van der Waals surface area contributed by atoms with Crippen molar-refractivity contribution in [3.63, 3.8) is 0 Å². The Balaban J connectivity index is 1.26. The Labute approximate surface area is 239 Å². The van der Waals surface area contributed by atoms with Crippen molar-refractivity contribution in [1.82, 2.24) is 30.0 Å². The Hall–Kier alpha value is -4.54. The average molecular weight is 552 g/mol. The molecule has 0 bridgehead atoms. The van der Waals surface area contributed by atoms with E-state index in [9.17, 15) is 4.79 Å². The third kappa shape index (κ3) is 5.84. The van der Waals surface area contributed by atoms with Crippen LogP contribution in [0.15, 0.2) is 61.1 Å². The number of pyridine rings is 2. The van der Waals surface area contributed by atoms with Gasteiger partial charge in [-0.2, -0.15) is 5.10 Å². The van der Waals surface area contributed by atoms with Crippen LogP contribution in [0.1, 0.15) is 22.7 Å². The second kappa shape index (κ2) is 11.9. The summed E-state index contributed by atoms with van der Waals surface area (Å²) in [6.45, 7) is 7.43. The van der Waals surface area contributed by atoms with Crippen molar-refractivity contribution in [3.05, 3.63) is 77.7 Å². The van der Waals surface area contributed by atoms with Crippen LogP contribution in [-0.4, -0.2) is 70.9 Å². The van der Waals surface area contributed by atoms with Gasteiger partial charge in [0.15, 0.2) is 0 Å². The number of hydrogen-bond donors (Lipinski definition) is 2. The van der Waals surface area contributed by atoms with Crippen molar-refractivity contribution in [2.24, 2.45) is 0 Å². The summed E-state index contributed by atoms with van der Waals surface area (Å²) < 4.78 is 12.8. The topological polar surface area (TPSA) is 106 Å². The molecule has 10 heteroatoms. The molecule has 0 spiro atoms. The van der Waals surface area contributed by atoms with Crippen molar-refractivity contribution >= 4 is 23.9 Å². The molecule has 1 aromatic carbocycles. The lowest BCUT2D eigenvalue weighted by atomic mass is 9.97. The van der Waals surface area contributed by atoms with Crippen LogP contribution < -0.4 is 15.4 Å². The largest absolute Gasteiger partial charge is 0.481 e. The third-order valence-electron chi connectivity index (χ3n) is 7.45. The fourth-order valence-electron chi connectivity index (χ4n) is 5.26. The van der Waals surface area contributed by atoms with E-state index in [0.29, 0.717) is 23.1 Å². The molecule has 41 heavy (non-hydrogen) atoms. The van der Waals surface area contributed by atoms with Crippen LogP contribution in [0.25, 0.3) is 28.6 Å². The van der Waals surface area contributed by atoms with E-state index < -0.39 is 6.04 Å². The quantitative estimate of drug-likeness (QED) is 0.296. The molecule has 210 valence electrons. The Morgan fingerprint density at radius 2 is 2.00 bits per heavy atom. The third-order valence-corrected chi connectivity index (χ3v) is 7.45. The number of aldehydes is 1. The highest BCUT2D eigenvalue weighted by atomic mass is 16.5. The van der Waals surface area contributed by atoms with Gasteiger partial charge in [-0.05, 0) is 60.2 Å². The van der Waals surface area contributed by atoms with Crippen LogP contribution in [0.5, 0.6) is 5.88 Å². The molecule has 1 unspecified atom stereocenters. The minimum atomic E-state index is -0.513. The molecule has 3 aromatic heterocycles. The summed E-state index contributed by atoms with van der Waals surface area (Å²) in [7, 11) is 1.59. The molecule has 2 aliphatic heterocycles. The number of fused-ring (bicyclic) bond motifs is 1. The number of aromatic nitrogens is 4. The Morgan fingerprint density at radius 3 is 2.80 bits per heavy atom. The molecule has 2 aliphatic rings. The number of morpholine rings is 1. The summed E-state index contributed by atoms with van der Waals surface area (Å²) >= 11 is 0. The zero-order chi connectivity index (χ0) is 28.2. The first kappa shape index (κ1) is 26.7. The highest BCUT2D eigenvalue weighted by Crippen LogP contribution is 2.35. The summed E-state index contributed by atoms with van der Waals surface area (Å²) in [6, 6.07) is 13.2. The number of nitrogens with one attached hydrogen (secondary N) is 2. The van der Waals surface area contributed by atoms with Crippen molar-refractivity contribution in [1.29, 1.82) is 0 Å². The van der Waals surface area contributed by atoms with Gasteiger partial charge < -0.3 is 24.9 Å². The van der Waals surface area contributed by atoms with Gasteiger partial charge in [0.2, 0.25) is 5.88 Å². The first-order valence-corrected chi connectivity index (χ1v) is 13.8. The molecule has 6 rings (SSSR count). The number of hydrogen-bond acceptors (Lipinski definition) is 9. The van der Waals surface area contributed by atoms with Crippen molar-refractivity contribution in [3.8, 4) is 28.4 Å². The Bertz CT molecular complexity index is 1580. The summed E-state index contributed by atoms with van der Waals surface area (Å²) in [5.74, 6) is 1.11. The van der Waals surface area contributed by atoms with Gasteiger partial charge in [0.1, 0.15) is 18.1 Å². The maximum absolute atomic E-state index is 12.0. The molecule has 1 saturated heterocycles. The fourth-order valence-corrected chi connectivity index (χ4v) is 5.26. The van der Waals surface area contributed by atoms with E-state index in [2.05, 4.69) is 50.9 Å². The van der Waals surface area contributed by atoms with Crippen LogP contribution >= 0.6 is 0 Å². The smallest absolute Gasteiger partial charge is 0.213 e. The predicted molar refractivity (Wildman–Crippen MR) is 158 cm³/mol. The molecule has 0 saturated carbocycles. The summed E-state index contributed by atoms with van der Waals surface area (Å²) in [5.41, 5.74) is 7.22. The van der Waals surface area contributed by atoms with E-state index in [4.69, 9.17) is 14.5 Å². The average Bonchev–Trinajstić information content (AvgIpc) is 3.49. The molecule has 5 heterocycles. The Morgan fingerprint density at radius 1 is 1.12 bits per heavy atom. The zero-order valence-corrected chi connectivity index (χ0v) is 23.2. The van der Waals surface area contributed by atoms with Gasteiger partial charge in [-0.15, -0.1) is 0 Å². The van der Waals surface area contributed by atoms with Crippen molar-refractivity contribution < 1.29 is 14.3 Å². The monoisotopic (exact) mass is 551 g/mol. The lowest BCUT2D eigenvalue weighted by Gasteiger charge is -2.26. The van der Waals surface area contributed by atoms with Crippen LogP contribution in [-0.2, 0) is 16.1 Å². The van der Waals surface area contributed by atoms with Crippen LogP contribution in [0.4, 0.5) is 11.5 Å². The molecular weight excluding hydrogens is 518 g/mol. The normalized spacial score (nSPS) is 16.6. The summed E-state index contributed by atoms with van der Waals surface area (Å²) in [5, 5.41) is 11.2. The molecular formula is C31H33N7O3. The minimum absolute atomic E-state index is 0.509. The molecule has 10 nitrogen and oxygen atoms in total. The molecule has 0 aliphatic carbocycles. The summed E-state index contributed by atoms with van der Waals surface area (Å²) in [6.07, 6.45) is 8.64. The van der Waals surface area contributed by atoms with E-state index in [1.165, 1.54) is 0 Å². The van der Waals surface area contributed by atoms with Gasteiger partial charge in [-0.1, -0.05) is 12.1 Å². The van der Waals surface area contributed by atoms with E-state index in [1.807, 2.05) is 41.2 Å². The second-order valence-electron chi connectivity index (χ2n) is 10.1. The maximum atomic E-state index is 12.0. The minimum Gasteiger partial charge on any atom is -0.481 e. The molecule has 2 N–H and O–H groups in total. The molecule has 0 amide bonds. The van der Waals surface area contributed by atoms with Crippen LogP contribution in [0.3, 0.4) is 0 Å². The molecule has 0 radical (unpaired) electrons. The second-order valence-corrected chi connectivity index (χ2v) is 10.1. The predicted octanol–water partition coefficient (Wildman–Crippen LogP) is 4.21. The number of anilines is 2. The van der Waals surface area contributed by atoms with Gasteiger partial charge in [0.05, 0.1) is 44.5 Å². The zero-order valence-electron chi connectivity index (χ0n) is 23.2. The van der Waals surface area contributed by atoms with Crippen LogP contribution in [0.2, 0.25) is 0 Å². The van der Waals surface area contributed by atoms with E-state index in [0.717, 1.165) is 79.2 Å². The van der Waals surface area contributed by atoms with E-state index in [-0.39, 0.29) is 0 Å². The number of nitrogens with zero attached hydrogens (tertiary/aromatic N) is 5. The van der Waals surface area contributed by atoms with Crippen molar-refractivity contribution in [2.45, 2.75) is 19.5 Å². The number of carbonyl (C=O) groups excluding carboxylic acids is 1. The highest BCUT2D eigenvalue weighted by molar-refractivity contribution is 5.80. The SMILES string of the molecule is COc1cccc(-c2cc3c(c(Nc4ccc(-c5cnn(CCN6CCOCC6)c5)c(C)c4)n2)C(C=O)NC=C3)n1. The van der Waals surface area contributed by atoms with Gasteiger partial charge in [0.25, 0.3) is 0 Å². The number of rotatable bonds is 9. The maximum Gasteiger partial charge on any atom is 0.213 e. The van der Waals surface area contributed by atoms with Gasteiger partial charge in [-0.25, -0.2) is 9.97 Å². The number of ether oxygens (including phenoxy) is 2. The first-order valence-electron chi connectivity index (χ1n) is 13.8. The van der Waals surface area contributed by atoms with Crippen molar-refractivity contribution in [2.75, 3.05) is 45.3 Å². The van der Waals surface area contributed by atoms with Crippen LogP contribution in [0, 0.1) is 6.92 Å². The number of carbonyl (C=O) groups is 1. The molecule has 1 atom stereocenters. The van der Waals surface area contributed by atoms with Gasteiger partial charge in [-0.3, -0.25) is 9.58 Å². The van der Waals surface area contributed by atoms with E-state index >= 15 is 0 Å². The highest BCUT2D eigenvalue weighted by Gasteiger charge is 2.23. The first-order chi connectivity index (χ1) is 20.1. The summed E-state index contributed by atoms with van der Waals surface area (Å²) in [4.78, 5) is 23.8. The lowest BCUT2D eigenvalue weighted by Crippen LogP contribution is -2.38. The number of aryl methyl sites for hydroxylation is 1. The van der Waals surface area contributed by atoms with E-state index in [1.54, 1.807) is 19.4 Å². The van der Waals surface area contributed by atoms with Gasteiger partial charge >= 0.3 is 0 Å². The Kier molecular flexibility index (Phi) is 7.75. The van der Waals surface area contributed by atoms with Gasteiger partial charge in [0, 0.05) is 48.7 Å². The number of methoxy groups -OCH3 is 1. The number of benzene rings is 1. The standard InChI is InChI=1S/C31H33N7O3/c1-21-16-24(6-7-25(21)23-18-33-38(19-23)11-10-37-12-14-41-15-13-37)34-31-30-22(8-9-32-28(30)20-39)17-27(36-31)26-4-3-5-29(35-26)40-2/h3-9,16-20,28,32H,10-15H2,1-2H3,(H,34,36). The molecule has 4 aromatic rings. The fraction of sp³-hybridized carbons (Fsp3) is 0.290. The lowest BCUT2D eigenvalue weighted by molar-refractivity contribution is -0.109.